The van der Waals surface area contributed by atoms with Gasteiger partial charge >= 0.3 is 0 Å². The molecule has 0 radical (unpaired) electrons. The first-order valence-corrected chi connectivity index (χ1v) is 12.7. The van der Waals surface area contributed by atoms with E-state index in [1.165, 1.54) is 16.7 Å². The largest absolute Gasteiger partial charge is 0.376 e. The number of nitrogens with zero attached hydrogens (tertiary/aromatic N) is 1. The van der Waals surface area contributed by atoms with Gasteiger partial charge in [-0.1, -0.05) is 97.1 Å². The molecule has 1 aliphatic heterocycles. The first-order valence-electron chi connectivity index (χ1n) is 12.7. The Balaban J connectivity index is 1.80. The molecule has 0 spiro atoms. The molecular weight excluding hydrogens is 428 g/mol. The average molecular weight is 467 g/mol. The molecule has 0 saturated carbocycles. The van der Waals surface area contributed by atoms with Gasteiger partial charge in [0, 0.05) is 6.61 Å². The van der Waals surface area contributed by atoms with Gasteiger partial charge in [-0.3, -0.25) is 4.99 Å². The fourth-order valence-electron chi connectivity index (χ4n) is 5.01. The molecule has 3 heteroatoms. The van der Waals surface area contributed by atoms with Crippen molar-refractivity contribution in [1.82, 2.24) is 5.32 Å². The maximum absolute atomic E-state index is 6.26. The minimum Gasteiger partial charge on any atom is -0.376 e. The zero-order chi connectivity index (χ0) is 24.7. The summed E-state index contributed by atoms with van der Waals surface area (Å²) >= 11 is 0. The molecule has 0 bridgehead atoms. The Kier molecular flexibility index (Phi) is 7.87. The smallest absolute Gasteiger partial charge is 0.109 e. The van der Waals surface area contributed by atoms with Crippen molar-refractivity contribution in [2.24, 2.45) is 4.99 Å². The zero-order valence-electron chi connectivity index (χ0n) is 21.3. The van der Waals surface area contributed by atoms with Crippen LogP contribution in [0.25, 0.3) is 0 Å². The summed E-state index contributed by atoms with van der Waals surface area (Å²) in [5.74, 6) is 1.05. The predicted molar refractivity (Wildman–Crippen MR) is 147 cm³/mol. The van der Waals surface area contributed by atoms with E-state index in [1.54, 1.807) is 0 Å². The standard InChI is InChI=1S/C32H38N2O/c1-5-6-22-32(23-24-35-31(2,3)4,27-20-14-9-15-21-27)30-33-28(25-16-10-7-11-17-25)29(34-30)26-18-12-8-13-19-26/h5,7-21,28-29H,1,6,22-24H2,2-4H3,(H,33,34)/t28-,29-,32-/m0/s1. The van der Waals surface area contributed by atoms with Gasteiger partial charge in [0.25, 0.3) is 0 Å². The molecule has 0 amide bonds. The molecule has 3 aromatic carbocycles. The van der Waals surface area contributed by atoms with Gasteiger partial charge in [0.05, 0.1) is 17.1 Å². The second-order valence-electron chi connectivity index (χ2n) is 10.4. The number of hydrogen-bond acceptors (Lipinski definition) is 3. The highest BCUT2D eigenvalue weighted by Gasteiger charge is 2.43. The molecule has 1 heterocycles. The van der Waals surface area contributed by atoms with E-state index in [0.29, 0.717) is 6.61 Å². The van der Waals surface area contributed by atoms with Crippen molar-refractivity contribution in [2.75, 3.05) is 6.61 Å². The van der Waals surface area contributed by atoms with Gasteiger partial charge in [-0.05, 0) is 56.7 Å². The number of rotatable bonds is 10. The molecule has 0 unspecified atom stereocenters. The first kappa shape index (κ1) is 24.9. The summed E-state index contributed by atoms with van der Waals surface area (Å²) in [6.45, 7) is 11.0. The molecule has 3 atom stereocenters. The van der Waals surface area contributed by atoms with E-state index in [0.717, 1.165) is 25.1 Å². The fourth-order valence-corrected chi connectivity index (χ4v) is 5.01. The molecule has 0 fully saturated rings. The van der Waals surface area contributed by atoms with E-state index in [-0.39, 0.29) is 23.1 Å². The lowest BCUT2D eigenvalue weighted by atomic mass is 9.73. The minimum atomic E-state index is -0.294. The van der Waals surface area contributed by atoms with Crippen molar-refractivity contribution in [2.45, 2.75) is 63.1 Å². The molecule has 1 N–H and O–H groups in total. The Morgan fingerprint density at radius 1 is 0.829 bits per heavy atom. The maximum Gasteiger partial charge on any atom is 0.109 e. The number of ether oxygens (including phenoxy) is 1. The number of allylic oxidation sites excluding steroid dienone is 1. The van der Waals surface area contributed by atoms with E-state index < -0.39 is 0 Å². The summed E-state index contributed by atoms with van der Waals surface area (Å²) in [5.41, 5.74) is 3.26. The average Bonchev–Trinajstić information content (AvgIpc) is 3.33. The van der Waals surface area contributed by atoms with Crippen LogP contribution in [0, 0.1) is 0 Å². The van der Waals surface area contributed by atoms with Crippen LogP contribution in [0.4, 0.5) is 0 Å². The van der Waals surface area contributed by atoms with E-state index in [2.05, 4.69) is 124 Å². The van der Waals surface area contributed by atoms with Crippen molar-refractivity contribution in [3.8, 4) is 0 Å². The molecule has 0 aliphatic carbocycles. The SMILES string of the molecule is C=CCC[C@@](CCOC(C)(C)C)(C1=N[C@@H](c2ccccc2)[C@H](c2ccccc2)N1)c1ccccc1. The van der Waals surface area contributed by atoms with Crippen molar-refractivity contribution in [3.63, 3.8) is 0 Å². The van der Waals surface area contributed by atoms with Crippen LogP contribution in [0.15, 0.2) is 109 Å². The molecule has 0 saturated heterocycles. The van der Waals surface area contributed by atoms with Gasteiger partial charge in [-0.15, -0.1) is 6.58 Å². The molecule has 182 valence electrons. The quantitative estimate of drug-likeness (QED) is 0.312. The molecule has 3 nitrogen and oxygen atoms in total. The summed E-state index contributed by atoms with van der Waals surface area (Å²) in [6, 6.07) is 32.2. The Morgan fingerprint density at radius 3 is 1.97 bits per heavy atom. The summed E-state index contributed by atoms with van der Waals surface area (Å²) in [7, 11) is 0. The van der Waals surface area contributed by atoms with Gasteiger partial charge in [-0.2, -0.15) is 0 Å². The van der Waals surface area contributed by atoms with Crippen molar-refractivity contribution in [1.29, 1.82) is 0 Å². The highest BCUT2D eigenvalue weighted by Crippen LogP contribution is 2.43. The lowest BCUT2D eigenvalue weighted by molar-refractivity contribution is -0.00900. The lowest BCUT2D eigenvalue weighted by Gasteiger charge is -2.36. The molecular formula is C32H38N2O. The third-order valence-electron chi connectivity index (χ3n) is 6.79. The summed E-state index contributed by atoms with van der Waals surface area (Å²) < 4.78 is 6.26. The predicted octanol–water partition coefficient (Wildman–Crippen LogP) is 7.58. The monoisotopic (exact) mass is 466 g/mol. The lowest BCUT2D eigenvalue weighted by Crippen LogP contribution is -2.44. The summed E-state index contributed by atoms with van der Waals surface area (Å²) in [5, 5.41) is 3.91. The van der Waals surface area contributed by atoms with E-state index in [4.69, 9.17) is 9.73 Å². The summed E-state index contributed by atoms with van der Waals surface area (Å²) in [6.07, 6.45) is 4.68. The van der Waals surface area contributed by atoms with Gasteiger partial charge in [0.2, 0.25) is 0 Å². The Hall–Kier alpha value is -3.17. The third kappa shape index (κ3) is 5.91. The number of hydrogen-bond donors (Lipinski definition) is 1. The zero-order valence-corrected chi connectivity index (χ0v) is 21.3. The highest BCUT2D eigenvalue weighted by atomic mass is 16.5. The second kappa shape index (κ2) is 11.0. The van der Waals surface area contributed by atoms with E-state index >= 15 is 0 Å². The Labute approximate surface area is 211 Å². The van der Waals surface area contributed by atoms with E-state index in [9.17, 15) is 0 Å². The van der Waals surface area contributed by atoms with Crippen LogP contribution in [0.3, 0.4) is 0 Å². The molecule has 3 aromatic rings. The van der Waals surface area contributed by atoms with Crippen molar-refractivity contribution < 1.29 is 4.74 Å². The number of aliphatic imine (C=N–C) groups is 1. The van der Waals surface area contributed by atoms with E-state index in [1.807, 2.05) is 6.08 Å². The van der Waals surface area contributed by atoms with Crippen molar-refractivity contribution >= 4 is 5.84 Å². The van der Waals surface area contributed by atoms with Gasteiger partial charge in [0.1, 0.15) is 11.9 Å². The van der Waals surface area contributed by atoms with Crippen LogP contribution in [0.5, 0.6) is 0 Å². The van der Waals surface area contributed by atoms with Crippen LogP contribution in [0.2, 0.25) is 0 Å². The second-order valence-corrected chi connectivity index (χ2v) is 10.4. The van der Waals surface area contributed by atoms with Crippen molar-refractivity contribution in [3.05, 3.63) is 120 Å². The van der Waals surface area contributed by atoms with Crippen LogP contribution >= 0.6 is 0 Å². The molecule has 4 rings (SSSR count). The van der Waals surface area contributed by atoms with Crippen LogP contribution in [-0.2, 0) is 10.2 Å². The number of amidine groups is 1. The topological polar surface area (TPSA) is 33.6 Å². The van der Waals surface area contributed by atoms with Gasteiger partial charge in [-0.25, -0.2) is 0 Å². The fraction of sp³-hybridized carbons (Fsp3) is 0.344. The maximum atomic E-state index is 6.26. The van der Waals surface area contributed by atoms with Crippen LogP contribution < -0.4 is 5.32 Å². The first-order chi connectivity index (χ1) is 16.9. The minimum absolute atomic E-state index is 0.00366. The molecule has 1 aliphatic rings. The molecule has 35 heavy (non-hydrogen) atoms. The number of benzene rings is 3. The normalized spacial score (nSPS) is 19.5. The number of nitrogens with one attached hydrogen (secondary N) is 1. The van der Waals surface area contributed by atoms with Gasteiger partial charge in [0.15, 0.2) is 0 Å². The van der Waals surface area contributed by atoms with Crippen LogP contribution in [-0.4, -0.2) is 18.0 Å². The molecule has 0 aromatic heterocycles. The Morgan fingerprint density at radius 2 is 1.40 bits per heavy atom. The highest BCUT2D eigenvalue weighted by molar-refractivity contribution is 5.95. The van der Waals surface area contributed by atoms with Gasteiger partial charge < -0.3 is 10.1 Å². The Bertz CT molecular complexity index is 1100. The summed E-state index contributed by atoms with van der Waals surface area (Å²) in [4.78, 5) is 5.45. The third-order valence-corrected chi connectivity index (χ3v) is 6.79. The van der Waals surface area contributed by atoms with Crippen LogP contribution in [0.1, 0.15) is 68.8 Å².